The fraction of sp³-hybridized carbons (Fsp3) is 0.545. The second kappa shape index (κ2) is 5.04. The molecule has 0 aliphatic rings. The summed E-state index contributed by atoms with van der Waals surface area (Å²) in [5.41, 5.74) is 6.33. The molecule has 0 atom stereocenters. The van der Waals surface area contributed by atoms with E-state index in [1.807, 2.05) is 6.07 Å². The molecule has 0 fully saturated rings. The highest BCUT2D eigenvalue weighted by Gasteiger charge is 2.12. The summed E-state index contributed by atoms with van der Waals surface area (Å²) in [6, 6.07) is 4.01. The van der Waals surface area contributed by atoms with E-state index in [0.717, 1.165) is 18.1 Å². The zero-order valence-corrected chi connectivity index (χ0v) is 10.3. The van der Waals surface area contributed by atoms with E-state index in [4.69, 9.17) is 11.0 Å². The lowest BCUT2D eigenvalue weighted by Gasteiger charge is -2.22. The van der Waals surface area contributed by atoms with Gasteiger partial charge < -0.3 is 10.6 Å². The highest BCUT2D eigenvalue weighted by molar-refractivity contribution is 7.17. The minimum atomic E-state index is 0.597. The van der Waals surface area contributed by atoms with Gasteiger partial charge >= 0.3 is 0 Å². The molecule has 0 radical (unpaired) electrons. The lowest BCUT2D eigenvalue weighted by molar-refractivity contribution is 0.621. The topological polar surface area (TPSA) is 53.0 Å². The predicted octanol–water partition coefficient (Wildman–Crippen LogP) is 2.68. The molecule has 82 valence electrons. The zero-order chi connectivity index (χ0) is 11.4. The van der Waals surface area contributed by atoms with E-state index in [1.54, 1.807) is 0 Å². The third-order valence-corrected chi connectivity index (χ3v) is 3.24. The van der Waals surface area contributed by atoms with Crippen molar-refractivity contribution in [3.05, 3.63) is 10.9 Å². The van der Waals surface area contributed by atoms with Crippen LogP contribution in [-0.2, 0) is 0 Å². The Kier molecular flexibility index (Phi) is 3.98. The molecule has 2 N–H and O–H groups in total. The highest BCUT2D eigenvalue weighted by atomic mass is 32.1. The molecule has 0 amide bonds. The van der Waals surface area contributed by atoms with Gasteiger partial charge in [0.2, 0.25) is 0 Å². The Balaban J connectivity index is 2.88. The maximum absolute atomic E-state index is 8.83. The van der Waals surface area contributed by atoms with Gasteiger partial charge in [0.15, 0.2) is 0 Å². The van der Waals surface area contributed by atoms with Crippen LogP contribution in [0.15, 0.2) is 6.07 Å². The quantitative estimate of drug-likeness (QED) is 0.853. The Bertz CT molecular complexity index is 362. The highest BCUT2D eigenvalue weighted by Crippen LogP contribution is 2.31. The van der Waals surface area contributed by atoms with Gasteiger partial charge in [-0.25, -0.2) is 0 Å². The summed E-state index contributed by atoms with van der Waals surface area (Å²) in [7, 11) is 0. The fourth-order valence-electron chi connectivity index (χ4n) is 1.45. The first-order valence-electron chi connectivity index (χ1n) is 5.12. The number of nitrogen functional groups attached to an aromatic ring is 1. The van der Waals surface area contributed by atoms with Crippen LogP contribution in [0, 0.1) is 17.2 Å². The van der Waals surface area contributed by atoms with Crippen molar-refractivity contribution in [1.29, 1.82) is 5.26 Å². The van der Waals surface area contributed by atoms with Crippen LogP contribution in [0.4, 0.5) is 10.7 Å². The van der Waals surface area contributed by atoms with Gasteiger partial charge in [-0.05, 0) is 18.9 Å². The van der Waals surface area contributed by atoms with Crippen LogP contribution in [-0.4, -0.2) is 13.1 Å². The Morgan fingerprint density at radius 3 is 2.67 bits per heavy atom. The van der Waals surface area contributed by atoms with Crippen LogP contribution in [0.5, 0.6) is 0 Å². The third kappa shape index (κ3) is 2.87. The van der Waals surface area contributed by atoms with Crippen molar-refractivity contribution in [1.82, 2.24) is 0 Å². The van der Waals surface area contributed by atoms with Gasteiger partial charge in [-0.2, -0.15) is 5.26 Å². The lowest BCUT2D eigenvalue weighted by Crippen LogP contribution is -2.26. The zero-order valence-electron chi connectivity index (χ0n) is 9.45. The van der Waals surface area contributed by atoms with E-state index < -0.39 is 0 Å². The van der Waals surface area contributed by atoms with Crippen molar-refractivity contribution in [2.45, 2.75) is 20.8 Å². The molecule has 0 bridgehead atoms. The molecule has 1 rings (SSSR count). The molecule has 0 aliphatic carbocycles. The average Bonchev–Trinajstić information content (AvgIpc) is 2.55. The SMILES string of the molecule is CCN(CC(C)C)c1cc(N)c(C#N)s1. The molecule has 0 aliphatic heterocycles. The predicted molar refractivity (Wildman–Crippen MR) is 66.2 cm³/mol. The van der Waals surface area contributed by atoms with E-state index in [-0.39, 0.29) is 0 Å². The first kappa shape index (κ1) is 11.9. The van der Waals surface area contributed by atoms with Gasteiger partial charge in [0.1, 0.15) is 10.9 Å². The monoisotopic (exact) mass is 223 g/mol. The van der Waals surface area contributed by atoms with Gasteiger partial charge in [0.05, 0.1) is 10.7 Å². The molecule has 0 saturated carbocycles. The van der Waals surface area contributed by atoms with Crippen molar-refractivity contribution in [2.24, 2.45) is 5.92 Å². The first-order chi connectivity index (χ1) is 7.08. The van der Waals surface area contributed by atoms with Crippen molar-refractivity contribution in [3.63, 3.8) is 0 Å². The van der Waals surface area contributed by atoms with E-state index in [1.165, 1.54) is 11.3 Å². The summed E-state index contributed by atoms with van der Waals surface area (Å²) in [6.45, 7) is 8.43. The summed E-state index contributed by atoms with van der Waals surface area (Å²) in [5.74, 6) is 0.610. The largest absolute Gasteiger partial charge is 0.397 e. The number of nitrogens with two attached hydrogens (primary N) is 1. The molecule has 1 aromatic heterocycles. The summed E-state index contributed by atoms with van der Waals surface area (Å²) in [5, 5.41) is 9.93. The standard InChI is InChI=1S/C11H17N3S/c1-4-14(7-8(2)3)11-5-9(13)10(6-12)15-11/h5,8H,4,7,13H2,1-3H3. The Hall–Kier alpha value is -1.21. The van der Waals surface area contributed by atoms with Gasteiger partial charge in [-0.1, -0.05) is 13.8 Å². The molecule has 1 heterocycles. The van der Waals surface area contributed by atoms with Crippen molar-refractivity contribution < 1.29 is 0 Å². The van der Waals surface area contributed by atoms with E-state index in [2.05, 4.69) is 31.7 Å². The maximum Gasteiger partial charge on any atom is 0.129 e. The number of thiophene rings is 1. The number of rotatable bonds is 4. The van der Waals surface area contributed by atoms with Crippen LogP contribution in [0.1, 0.15) is 25.6 Å². The summed E-state index contributed by atoms with van der Waals surface area (Å²) < 4.78 is 0. The number of hydrogen-bond acceptors (Lipinski definition) is 4. The number of hydrogen-bond donors (Lipinski definition) is 1. The number of nitrogens with zero attached hydrogens (tertiary/aromatic N) is 2. The molecule has 0 unspecified atom stereocenters. The molecular weight excluding hydrogens is 206 g/mol. The van der Waals surface area contributed by atoms with Crippen LogP contribution < -0.4 is 10.6 Å². The Morgan fingerprint density at radius 1 is 1.60 bits per heavy atom. The summed E-state index contributed by atoms with van der Waals surface area (Å²) in [6.07, 6.45) is 0. The van der Waals surface area contributed by atoms with Gasteiger partial charge in [-0.15, -0.1) is 11.3 Å². The number of nitriles is 1. The van der Waals surface area contributed by atoms with Crippen LogP contribution >= 0.6 is 11.3 Å². The van der Waals surface area contributed by atoms with Gasteiger partial charge in [-0.3, -0.25) is 0 Å². The molecule has 0 spiro atoms. The molecular formula is C11H17N3S. The Labute approximate surface area is 95.1 Å². The van der Waals surface area contributed by atoms with Crippen molar-refractivity contribution in [2.75, 3.05) is 23.7 Å². The normalized spacial score (nSPS) is 10.3. The molecule has 0 saturated heterocycles. The third-order valence-electron chi connectivity index (χ3n) is 2.13. The maximum atomic E-state index is 8.83. The average molecular weight is 223 g/mol. The molecule has 3 nitrogen and oxygen atoms in total. The minimum absolute atomic E-state index is 0.597. The number of anilines is 2. The Morgan fingerprint density at radius 2 is 2.27 bits per heavy atom. The van der Waals surface area contributed by atoms with Crippen LogP contribution in [0.3, 0.4) is 0 Å². The second-order valence-electron chi connectivity index (χ2n) is 3.91. The molecule has 4 heteroatoms. The lowest BCUT2D eigenvalue weighted by atomic mass is 10.2. The van der Waals surface area contributed by atoms with Crippen LogP contribution in [0.2, 0.25) is 0 Å². The minimum Gasteiger partial charge on any atom is -0.397 e. The van der Waals surface area contributed by atoms with Gasteiger partial charge in [0.25, 0.3) is 0 Å². The summed E-state index contributed by atoms with van der Waals surface area (Å²) >= 11 is 1.47. The molecule has 15 heavy (non-hydrogen) atoms. The van der Waals surface area contributed by atoms with E-state index >= 15 is 0 Å². The van der Waals surface area contributed by atoms with E-state index in [0.29, 0.717) is 16.5 Å². The molecule has 0 aromatic carbocycles. The smallest absolute Gasteiger partial charge is 0.129 e. The summed E-state index contributed by atoms with van der Waals surface area (Å²) in [4.78, 5) is 2.87. The first-order valence-corrected chi connectivity index (χ1v) is 5.94. The van der Waals surface area contributed by atoms with Crippen molar-refractivity contribution >= 4 is 22.0 Å². The second-order valence-corrected chi connectivity index (χ2v) is 4.94. The molecule has 1 aromatic rings. The van der Waals surface area contributed by atoms with E-state index in [9.17, 15) is 0 Å². The van der Waals surface area contributed by atoms with Gasteiger partial charge in [0, 0.05) is 13.1 Å². The van der Waals surface area contributed by atoms with Crippen molar-refractivity contribution in [3.8, 4) is 6.07 Å². The fourth-order valence-corrected chi connectivity index (χ4v) is 2.40. The van der Waals surface area contributed by atoms with Crippen LogP contribution in [0.25, 0.3) is 0 Å².